The standard InChI is InChI=1S/C17H27N3O3/c1-4-20-10-14(16(11-20)22-3)19-17(21)13-9-12(2)5-6-15(13)23-8-7-18/h5-6,9,14,16H,4,7-8,10-11,18H2,1-3H3,(H,19,21)/t14-,16-/m1/s1. The van der Waals surface area contributed by atoms with Crippen LogP contribution in [0.3, 0.4) is 0 Å². The van der Waals surface area contributed by atoms with Gasteiger partial charge in [0.2, 0.25) is 0 Å². The molecule has 1 amide bonds. The molecule has 0 aromatic heterocycles. The SMILES string of the molecule is CCN1C[C@@H](NC(=O)c2cc(C)ccc2OCCN)[C@H](OC)C1. The second-order valence-electron chi connectivity index (χ2n) is 5.84. The maximum absolute atomic E-state index is 12.7. The van der Waals surface area contributed by atoms with Crippen molar-refractivity contribution in [1.29, 1.82) is 0 Å². The van der Waals surface area contributed by atoms with E-state index in [0.717, 1.165) is 25.2 Å². The van der Waals surface area contributed by atoms with Crippen LogP contribution in [0.25, 0.3) is 0 Å². The first-order chi connectivity index (χ1) is 11.1. The molecule has 128 valence electrons. The zero-order valence-corrected chi connectivity index (χ0v) is 14.2. The predicted molar refractivity (Wildman–Crippen MR) is 89.9 cm³/mol. The number of amides is 1. The fourth-order valence-corrected chi connectivity index (χ4v) is 2.85. The molecule has 2 rings (SSSR count). The Hall–Kier alpha value is -1.63. The van der Waals surface area contributed by atoms with Gasteiger partial charge in [-0.3, -0.25) is 9.69 Å². The minimum absolute atomic E-state index is 0.0112. The van der Waals surface area contributed by atoms with E-state index in [1.807, 2.05) is 25.1 Å². The van der Waals surface area contributed by atoms with Crippen LogP contribution in [-0.4, -0.2) is 62.8 Å². The zero-order chi connectivity index (χ0) is 16.8. The van der Waals surface area contributed by atoms with Crippen molar-refractivity contribution in [1.82, 2.24) is 10.2 Å². The first-order valence-corrected chi connectivity index (χ1v) is 8.08. The van der Waals surface area contributed by atoms with Gasteiger partial charge in [-0.15, -0.1) is 0 Å². The first-order valence-electron chi connectivity index (χ1n) is 8.08. The van der Waals surface area contributed by atoms with E-state index in [-0.39, 0.29) is 18.1 Å². The highest BCUT2D eigenvalue weighted by Crippen LogP contribution is 2.21. The number of benzene rings is 1. The maximum Gasteiger partial charge on any atom is 0.255 e. The minimum Gasteiger partial charge on any atom is -0.491 e. The Balaban J connectivity index is 2.12. The molecule has 1 saturated heterocycles. The summed E-state index contributed by atoms with van der Waals surface area (Å²) in [6.07, 6.45) is 0.0112. The predicted octanol–water partition coefficient (Wildman–Crippen LogP) is 0.781. The Kier molecular flexibility index (Phi) is 6.38. The molecule has 1 aromatic rings. The van der Waals surface area contributed by atoms with Gasteiger partial charge in [0.1, 0.15) is 12.4 Å². The summed E-state index contributed by atoms with van der Waals surface area (Å²) in [5, 5.41) is 3.09. The maximum atomic E-state index is 12.7. The van der Waals surface area contributed by atoms with Crippen LogP contribution in [0, 0.1) is 6.92 Å². The molecule has 1 aliphatic rings. The van der Waals surface area contributed by atoms with Gasteiger partial charge in [0, 0.05) is 26.7 Å². The largest absolute Gasteiger partial charge is 0.491 e. The normalized spacial score (nSPS) is 21.4. The van der Waals surface area contributed by atoms with Crippen molar-refractivity contribution in [3.8, 4) is 5.75 Å². The van der Waals surface area contributed by atoms with Crippen molar-refractivity contribution in [3.05, 3.63) is 29.3 Å². The van der Waals surface area contributed by atoms with E-state index in [0.29, 0.717) is 24.5 Å². The molecular weight excluding hydrogens is 294 g/mol. The third-order valence-electron chi connectivity index (χ3n) is 4.16. The van der Waals surface area contributed by atoms with Crippen LogP contribution in [0.4, 0.5) is 0 Å². The van der Waals surface area contributed by atoms with Crippen LogP contribution in [0.2, 0.25) is 0 Å². The molecule has 0 spiro atoms. The Morgan fingerprint density at radius 2 is 2.22 bits per heavy atom. The number of carbonyl (C=O) groups excluding carboxylic acids is 1. The Morgan fingerprint density at radius 1 is 1.43 bits per heavy atom. The number of likely N-dealkylation sites (N-methyl/N-ethyl adjacent to an activating group) is 1. The molecule has 1 fully saturated rings. The lowest BCUT2D eigenvalue weighted by Gasteiger charge is -2.20. The van der Waals surface area contributed by atoms with Crippen molar-refractivity contribution in [2.75, 3.05) is 39.9 Å². The quantitative estimate of drug-likeness (QED) is 0.776. The van der Waals surface area contributed by atoms with E-state index in [2.05, 4.69) is 17.1 Å². The monoisotopic (exact) mass is 321 g/mol. The number of aryl methyl sites for hydroxylation is 1. The van der Waals surface area contributed by atoms with Gasteiger partial charge >= 0.3 is 0 Å². The second-order valence-corrected chi connectivity index (χ2v) is 5.84. The van der Waals surface area contributed by atoms with Crippen LogP contribution < -0.4 is 15.8 Å². The van der Waals surface area contributed by atoms with Crippen molar-refractivity contribution in [3.63, 3.8) is 0 Å². The van der Waals surface area contributed by atoms with E-state index in [1.54, 1.807) is 7.11 Å². The summed E-state index contributed by atoms with van der Waals surface area (Å²) in [4.78, 5) is 15.0. The van der Waals surface area contributed by atoms with Crippen LogP contribution in [0.15, 0.2) is 18.2 Å². The zero-order valence-electron chi connectivity index (χ0n) is 14.2. The summed E-state index contributed by atoms with van der Waals surface area (Å²) in [6.45, 7) is 7.44. The molecule has 0 saturated carbocycles. The summed E-state index contributed by atoms with van der Waals surface area (Å²) >= 11 is 0. The molecule has 23 heavy (non-hydrogen) atoms. The Labute approximate surface area is 137 Å². The number of likely N-dealkylation sites (tertiary alicyclic amines) is 1. The molecule has 0 unspecified atom stereocenters. The molecule has 0 bridgehead atoms. The number of nitrogens with two attached hydrogens (primary N) is 1. The van der Waals surface area contributed by atoms with E-state index >= 15 is 0 Å². The molecule has 3 N–H and O–H groups in total. The lowest BCUT2D eigenvalue weighted by molar-refractivity contribution is 0.0760. The van der Waals surface area contributed by atoms with Gasteiger partial charge in [-0.25, -0.2) is 0 Å². The summed E-state index contributed by atoms with van der Waals surface area (Å²) in [7, 11) is 1.69. The number of rotatable bonds is 7. The number of nitrogens with zero attached hydrogens (tertiary/aromatic N) is 1. The van der Waals surface area contributed by atoms with Gasteiger partial charge in [0.25, 0.3) is 5.91 Å². The summed E-state index contributed by atoms with van der Waals surface area (Å²) in [5.41, 5.74) is 7.04. The summed E-state index contributed by atoms with van der Waals surface area (Å²) < 4.78 is 11.1. The number of carbonyl (C=O) groups is 1. The number of hydrogen-bond donors (Lipinski definition) is 2. The van der Waals surface area contributed by atoms with Crippen molar-refractivity contribution >= 4 is 5.91 Å². The van der Waals surface area contributed by atoms with Crippen LogP contribution in [-0.2, 0) is 4.74 Å². The Morgan fingerprint density at radius 3 is 2.87 bits per heavy atom. The summed E-state index contributed by atoms with van der Waals surface area (Å²) in [5.74, 6) is 0.434. The lowest BCUT2D eigenvalue weighted by atomic mass is 10.1. The van der Waals surface area contributed by atoms with Crippen molar-refractivity contribution in [2.45, 2.75) is 26.0 Å². The van der Waals surface area contributed by atoms with Gasteiger partial charge in [0.15, 0.2) is 0 Å². The molecule has 6 heteroatoms. The van der Waals surface area contributed by atoms with Gasteiger partial charge < -0.3 is 20.5 Å². The lowest BCUT2D eigenvalue weighted by Crippen LogP contribution is -2.43. The van der Waals surface area contributed by atoms with Crippen LogP contribution in [0.1, 0.15) is 22.8 Å². The fraction of sp³-hybridized carbons (Fsp3) is 0.588. The van der Waals surface area contributed by atoms with E-state index in [9.17, 15) is 4.79 Å². The molecule has 6 nitrogen and oxygen atoms in total. The second kappa shape index (κ2) is 8.29. The van der Waals surface area contributed by atoms with E-state index < -0.39 is 0 Å². The molecular formula is C17H27N3O3. The number of methoxy groups -OCH3 is 1. The van der Waals surface area contributed by atoms with Crippen LogP contribution in [0.5, 0.6) is 5.75 Å². The summed E-state index contributed by atoms with van der Waals surface area (Å²) in [6, 6.07) is 5.57. The molecule has 0 aliphatic carbocycles. The van der Waals surface area contributed by atoms with Gasteiger partial charge in [0.05, 0.1) is 17.7 Å². The smallest absolute Gasteiger partial charge is 0.255 e. The van der Waals surface area contributed by atoms with E-state index in [1.165, 1.54) is 0 Å². The average molecular weight is 321 g/mol. The van der Waals surface area contributed by atoms with E-state index in [4.69, 9.17) is 15.2 Å². The van der Waals surface area contributed by atoms with Gasteiger partial charge in [-0.05, 0) is 25.6 Å². The van der Waals surface area contributed by atoms with Gasteiger partial charge in [-0.2, -0.15) is 0 Å². The molecule has 0 radical (unpaired) electrons. The molecule has 1 heterocycles. The number of hydrogen-bond acceptors (Lipinski definition) is 5. The number of nitrogens with one attached hydrogen (secondary N) is 1. The highest BCUT2D eigenvalue weighted by Gasteiger charge is 2.33. The molecule has 1 aromatic carbocycles. The molecule has 1 aliphatic heterocycles. The van der Waals surface area contributed by atoms with Crippen molar-refractivity contribution < 1.29 is 14.3 Å². The van der Waals surface area contributed by atoms with Gasteiger partial charge in [-0.1, -0.05) is 18.6 Å². The average Bonchev–Trinajstić information content (AvgIpc) is 2.95. The van der Waals surface area contributed by atoms with Crippen molar-refractivity contribution in [2.24, 2.45) is 5.73 Å². The third kappa shape index (κ3) is 4.43. The first kappa shape index (κ1) is 17.7. The third-order valence-corrected chi connectivity index (χ3v) is 4.16. The highest BCUT2D eigenvalue weighted by atomic mass is 16.5. The fourth-order valence-electron chi connectivity index (χ4n) is 2.85. The number of ether oxygens (including phenoxy) is 2. The molecule has 2 atom stereocenters. The minimum atomic E-state index is -0.134. The topological polar surface area (TPSA) is 76.8 Å². The Bertz CT molecular complexity index is 536. The highest BCUT2D eigenvalue weighted by molar-refractivity contribution is 5.97. The van der Waals surface area contributed by atoms with Crippen LogP contribution >= 0.6 is 0 Å².